The summed E-state index contributed by atoms with van der Waals surface area (Å²) in [5.74, 6) is 0.403. The summed E-state index contributed by atoms with van der Waals surface area (Å²) in [6.07, 6.45) is 3.11. The van der Waals surface area contributed by atoms with Crippen molar-refractivity contribution in [3.8, 4) is 17.2 Å². The number of benzene rings is 2. The van der Waals surface area contributed by atoms with Crippen LogP contribution in [0.1, 0.15) is 10.4 Å². The SMILES string of the molecule is COc1ccccc1OC(=O)c1cnn(-c2ccccc2)c1. The average molecular weight is 294 g/mol. The van der Waals surface area contributed by atoms with Crippen molar-refractivity contribution in [2.45, 2.75) is 0 Å². The molecule has 0 saturated heterocycles. The van der Waals surface area contributed by atoms with E-state index in [9.17, 15) is 4.79 Å². The highest BCUT2D eigenvalue weighted by molar-refractivity contribution is 5.90. The predicted molar refractivity (Wildman–Crippen MR) is 81.5 cm³/mol. The summed E-state index contributed by atoms with van der Waals surface area (Å²) in [6.45, 7) is 0. The van der Waals surface area contributed by atoms with Gasteiger partial charge in [-0.05, 0) is 24.3 Å². The number of rotatable bonds is 4. The van der Waals surface area contributed by atoms with Crippen LogP contribution in [0.25, 0.3) is 5.69 Å². The van der Waals surface area contributed by atoms with E-state index in [0.29, 0.717) is 17.1 Å². The Morgan fingerprint density at radius 1 is 1.00 bits per heavy atom. The summed E-state index contributed by atoms with van der Waals surface area (Å²) in [6, 6.07) is 16.5. The van der Waals surface area contributed by atoms with Crippen molar-refractivity contribution in [3.63, 3.8) is 0 Å². The van der Waals surface area contributed by atoms with Crippen LogP contribution >= 0.6 is 0 Å². The third-order valence-corrected chi connectivity index (χ3v) is 3.11. The summed E-state index contributed by atoms with van der Waals surface area (Å²) in [4.78, 5) is 12.2. The van der Waals surface area contributed by atoms with Gasteiger partial charge in [-0.15, -0.1) is 0 Å². The number of hydrogen-bond donors (Lipinski definition) is 0. The fourth-order valence-electron chi connectivity index (χ4n) is 2.01. The van der Waals surface area contributed by atoms with Gasteiger partial charge in [0.15, 0.2) is 11.5 Å². The number of carbonyl (C=O) groups is 1. The van der Waals surface area contributed by atoms with Crippen LogP contribution < -0.4 is 9.47 Å². The first-order valence-electron chi connectivity index (χ1n) is 6.73. The lowest BCUT2D eigenvalue weighted by Gasteiger charge is -2.07. The lowest BCUT2D eigenvalue weighted by Crippen LogP contribution is -2.08. The molecule has 0 aliphatic carbocycles. The van der Waals surface area contributed by atoms with E-state index in [0.717, 1.165) is 5.69 Å². The van der Waals surface area contributed by atoms with Crippen LogP contribution in [0.15, 0.2) is 67.0 Å². The quantitative estimate of drug-likeness (QED) is 0.548. The Hall–Kier alpha value is -3.08. The van der Waals surface area contributed by atoms with Crippen molar-refractivity contribution in [1.29, 1.82) is 0 Å². The minimum Gasteiger partial charge on any atom is -0.493 e. The fraction of sp³-hybridized carbons (Fsp3) is 0.0588. The zero-order chi connectivity index (χ0) is 15.4. The van der Waals surface area contributed by atoms with Gasteiger partial charge in [0.2, 0.25) is 0 Å². The molecule has 0 spiro atoms. The summed E-state index contributed by atoms with van der Waals surface area (Å²) >= 11 is 0. The molecule has 0 N–H and O–H groups in total. The summed E-state index contributed by atoms with van der Waals surface area (Å²) in [5, 5.41) is 4.18. The highest BCUT2D eigenvalue weighted by Gasteiger charge is 2.14. The Kier molecular flexibility index (Phi) is 3.87. The number of nitrogens with zero attached hydrogens (tertiary/aromatic N) is 2. The van der Waals surface area contributed by atoms with Gasteiger partial charge in [0.25, 0.3) is 0 Å². The second-order valence-corrected chi connectivity index (χ2v) is 4.55. The molecule has 22 heavy (non-hydrogen) atoms. The smallest absolute Gasteiger partial charge is 0.346 e. The van der Waals surface area contributed by atoms with Crippen LogP contribution in [-0.2, 0) is 0 Å². The molecule has 1 heterocycles. The van der Waals surface area contributed by atoms with Gasteiger partial charge in [-0.25, -0.2) is 9.48 Å². The number of para-hydroxylation sites is 3. The molecule has 3 rings (SSSR count). The van der Waals surface area contributed by atoms with E-state index >= 15 is 0 Å². The maximum absolute atomic E-state index is 12.2. The molecule has 0 aliphatic rings. The van der Waals surface area contributed by atoms with Gasteiger partial charge in [-0.3, -0.25) is 0 Å². The third kappa shape index (κ3) is 2.83. The Morgan fingerprint density at radius 2 is 1.68 bits per heavy atom. The van der Waals surface area contributed by atoms with Crippen molar-refractivity contribution < 1.29 is 14.3 Å². The van der Waals surface area contributed by atoms with Crippen LogP contribution in [0.4, 0.5) is 0 Å². The number of methoxy groups -OCH3 is 1. The standard InChI is InChI=1S/C17H14N2O3/c1-21-15-9-5-6-10-16(15)22-17(20)13-11-18-19(12-13)14-7-3-2-4-8-14/h2-12H,1H3. The van der Waals surface area contributed by atoms with Gasteiger partial charge in [0, 0.05) is 6.20 Å². The van der Waals surface area contributed by atoms with Crippen LogP contribution in [0.3, 0.4) is 0 Å². The molecular weight excluding hydrogens is 280 g/mol. The van der Waals surface area contributed by atoms with E-state index in [1.165, 1.54) is 13.3 Å². The number of hydrogen-bond acceptors (Lipinski definition) is 4. The summed E-state index contributed by atoms with van der Waals surface area (Å²) < 4.78 is 12.1. The maximum Gasteiger partial charge on any atom is 0.346 e. The molecular formula is C17H14N2O3. The molecule has 0 aliphatic heterocycles. The van der Waals surface area contributed by atoms with E-state index in [2.05, 4.69) is 5.10 Å². The number of carbonyl (C=O) groups excluding carboxylic acids is 1. The number of ether oxygens (including phenoxy) is 2. The van der Waals surface area contributed by atoms with Gasteiger partial charge in [0.05, 0.1) is 24.6 Å². The van der Waals surface area contributed by atoms with Crippen LogP contribution in [0, 0.1) is 0 Å². The summed E-state index contributed by atoms with van der Waals surface area (Å²) in [5.41, 5.74) is 1.24. The molecule has 5 heteroatoms. The molecule has 0 radical (unpaired) electrons. The average Bonchev–Trinajstić information content (AvgIpc) is 3.06. The molecule has 110 valence electrons. The first kappa shape index (κ1) is 13.9. The largest absolute Gasteiger partial charge is 0.493 e. The van der Waals surface area contributed by atoms with Gasteiger partial charge in [-0.2, -0.15) is 5.10 Å². The predicted octanol–water partition coefficient (Wildman–Crippen LogP) is 3.10. The zero-order valence-corrected chi connectivity index (χ0v) is 12.0. The molecule has 0 amide bonds. The maximum atomic E-state index is 12.2. The van der Waals surface area contributed by atoms with Crippen molar-refractivity contribution in [2.24, 2.45) is 0 Å². The third-order valence-electron chi connectivity index (χ3n) is 3.11. The Labute approximate surface area is 127 Å². The second-order valence-electron chi connectivity index (χ2n) is 4.55. The first-order chi connectivity index (χ1) is 10.8. The minimum atomic E-state index is -0.480. The van der Waals surface area contributed by atoms with E-state index in [1.54, 1.807) is 29.1 Å². The van der Waals surface area contributed by atoms with Crippen molar-refractivity contribution >= 4 is 5.97 Å². The molecule has 5 nitrogen and oxygen atoms in total. The number of aromatic nitrogens is 2. The van der Waals surface area contributed by atoms with Crippen molar-refractivity contribution in [3.05, 3.63) is 72.6 Å². The molecule has 0 atom stereocenters. The first-order valence-corrected chi connectivity index (χ1v) is 6.73. The van der Waals surface area contributed by atoms with Gasteiger partial charge in [0.1, 0.15) is 0 Å². The van der Waals surface area contributed by atoms with Gasteiger partial charge >= 0.3 is 5.97 Å². The van der Waals surface area contributed by atoms with E-state index in [1.807, 2.05) is 36.4 Å². The normalized spacial score (nSPS) is 10.2. The van der Waals surface area contributed by atoms with E-state index in [4.69, 9.17) is 9.47 Å². The van der Waals surface area contributed by atoms with Crippen molar-refractivity contribution in [2.75, 3.05) is 7.11 Å². The molecule has 3 aromatic rings. The Balaban J connectivity index is 1.80. The molecule has 2 aromatic carbocycles. The lowest BCUT2D eigenvalue weighted by atomic mass is 10.3. The number of esters is 1. The zero-order valence-electron chi connectivity index (χ0n) is 12.0. The second kappa shape index (κ2) is 6.13. The topological polar surface area (TPSA) is 53.4 Å². The van der Waals surface area contributed by atoms with Crippen LogP contribution in [-0.4, -0.2) is 22.9 Å². The van der Waals surface area contributed by atoms with E-state index < -0.39 is 5.97 Å². The molecule has 1 aromatic heterocycles. The monoisotopic (exact) mass is 294 g/mol. The summed E-state index contributed by atoms with van der Waals surface area (Å²) in [7, 11) is 1.53. The molecule has 0 unspecified atom stereocenters. The van der Waals surface area contributed by atoms with Crippen molar-refractivity contribution in [1.82, 2.24) is 9.78 Å². The van der Waals surface area contributed by atoms with Crippen LogP contribution in [0.2, 0.25) is 0 Å². The Morgan fingerprint density at radius 3 is 2.41 bits per heavy atom. The lowest BCUT2D eigenvalue weighted by molar-refractivity contribution is 0.0729. The fourth-order valence-corrected chi connectivity index (χ4v) is 2.01. The minimum absolute atomic E-state index is 0.370. The van der Waals surface area contributed by atoms with E-state index in [-0.39, 0.29) is 0 Å². The van der Waals surface area contributed by atoms with Gasteiger partial charge in [-0.1, -0.05) is 30.3 Å². The van der Waals surface area contributed by atoms with Gasteiger partial charge < -0.3 is 9.47 Å². The molecule has 0 saturated carbocycles. The molecule has 0 fully saturated rings. The Bertz CT molecular complexity index is 781. The highest BCUT2D eigenvalue weighted by Crippen LogP contribution is 2.26. The van der Waals surface area contributed by atoms with Crippen LogP contribution in [0.5, 0.6) is 11.5 Å². The molecule has 0 bridgehead atoms. The highest BCUT2D eigenvalue weighted by atomic mass is 16.6.